The maximum Gasteiger partial charge on any atom is 0.311 e. The van der Waals surface area contributed by atoms with Crippen molar-refractivity contribution in [3.8, 4) is 0 Å². The molecule has 1 atom stereocenters. The second-order valence-electron chi connectivity index (χ2n) is 3.91. The van der Waals surface area contributed by atoms with Crippen molar-refractivity contribution in [2.45, 2.75) is 6.42 Å². The van der Waals surface area contributed by atoms with Crippen LogP contribution in [0.3, 0.4) is 0 Å². The molecule has 1 saturated heterocycles. The Morgan fingerprint density at radius 3 is 2.94 bits per heavy atom. The van der Waals surface area contributed by atoms with E-state index in [2.05, 4.69) is 20.7 Å². The molecule has 1 aromatic carbocycles. The Bertz CT molecular complexity index is 461. The third-order valence-electron chi connectivity index (χ3n) is 2.78. The summed E-state index contributed by atoms with van der Waals surface area (Å²) in [4.78, 5) is 24.8. The van der Waals surface area contributed by atoms with Gasteiger partial charge in [-0.15, -0.1) is 0 Å². The fourth-order valence-corrected chi connectivity index (χ4v) is 2.31. The standard InChI is InChI=1S/C12H12BrNO3/c1-17-12(16)8-5-11(15)14(7-8)10-4-2-3-9(13)6-10/h2-4,6,8H,5,7H2,1H3/t8-/m0/s1. The number of carbonyl (C=O) groups excluding carboxylic acids is 2. The van der Waals surface area contributed by atoms with E-state index in [4.69, 9.17) is 0 Å². The number of benzene rings is 1. The normalized spacial score (nSPS) is 19.5. The molecular formula is C12H12BrNO3. The van der Waals surface area contributed by atoms with Crippen LogP contribution in [0.2, 0.25) is 0 Å². The van der Waals surface area contributed by atoms with E-state index in [1.54, 1.807) is 4.90 Å². The molecule has 1 heterocycles. The van der Waals surface area contributed by atoms with Crippen LogP contribution in [-0.4, -0.2) is 25.5 Å². The van der Waals surface area contributed by atoms with Crippen molar-refractivity contribution in [2.75, 3.05) is 18.6 Å². The van der Waals surface area contributed by atoms with Crippen LogP contribution in [0.15, 0.2) is 28.7 Å². The van der Waals surface area contributed by atoms with Gasteiger partial charge in [0.1, 0.15) is 0 Å². The number of nitrogens with zero attached hydrogens (tertiary/aromatic N) is 1. The summed E-state index contributed by atoms with van der Waals surface area (Å²) in [7, 11) is 1.34. The molecule has 0 unspecified atom stereocenters. The third kappa shape index (κ3) is 2.49. The third-order valence-corrected chi connectivity index (χ3v) is 3.27. The zero-order chi connectivity index (χ0) is 12.4. The smallest absolute Gasteiger partial charge is 0.311 e. The highest BCUT2D eigenvalue weighted by molar-refractivity contribution is 9.10. The first kappa shape index (κ1) is 12.1. The molecule has 0 spiro atoms. The number of hydrogen-bond donors (Lipinski definition) is 0. The summed E-state index contributed by atoms with van der Waals surface area (Å²) in [5.74, 6) is -0.721. The van der Waals surface area contributed by atoms with Crippen molar-refractivity contribution in [3.63, 3.8) is 0 Å². The summed E-state index contributed by atoms with van der Waals surface area (Å²) in [6.45, 7) is 0.391. The maximum absolute atomic E-state index is 11.8. The lowest BCUT2D eigenvalue weighted by Gasteiger charge is -2.16. The number of halogens is 1. The number of hydrogen-bond acceptors (Lipinski definition) is 3. The highest BCUT2D eigenvalue weighted by Crippen LogP contribution is 2.27. The number of carbonyl (C=O) groups is 2. The molecule has 1 amide bonds. The highest BCUT2D eigenvalue weighted by Gasteiger charge is 2.35. The molecule has 2 rings (SSSR count). The monoisotopic (exact) mass is 297 g/mol. The van der Waals surface area contributed by atoms with Crippen molar-refractivity contribution >= 4 is 33.5 Å². The minimum absolute atomic E-state index is 0.0431. The Morgan fingerprint density at radius 1 is 1.53 bits per heavy atom. The van der Waals surface area contributed by atoms with E-state index in [9.17, 15) is 9.59 Å². The average Bonchev–Trinajstić information content (AvgIpc) is 2.70. The van der Waals surface area contributed by atoms with Gasteiger partial charge in [-0.05, 0) is 18.2 Å². The average molecular weight is 298 g/mol. The quantitative estimate of drug-likeness (QED) is 0.784. The summed E-state index contributed by atoms with van der Waals surface area (Å²) in [5, 5.41) is 0. The van der Waals surface area contributed by atoms with Crippen LogP contribution in [0.5, 0.6) is 0 Å². The van der Waals surface area contributed by atoms with Gasteiger partial charge in [-0.2, -0.15) is 0 Å². The summed E-state index contributed by atoms with van der Waals surface area (Å²) in [5.41, 5.74) is 0.802. The number of esters is 1. The molecule has 0 radical (unpaired) electrons. The van der Waals surface area contributed by atoms with Gasteiger partial charge in [-0.1, -0.05) is 22.0 Å². The van der Waals surface area contributed by atoms with Gasteiger partial charge >= 0.3 is 5.97 Å². The number of anilines is 1. The number of methoxy groups -OCH3 is 1. The number of ether oxygens (including phenoxy) is 1. The number of amides is 1. The van der Waals surface area contributed by atoms with Gasteiger partial charge in [0.25, 0.3) is 0 Å². The second kappa shape index (κ2) is 4.87. The van der Waals surface area contributed by atoms with Crippen molar-refractivity contribution in [3.05, 3.63) is 28.7 Å². The lowest BCUT2D eigenvalue weighted by Crippen LogP contribution is -2.26. The molecular weight excluding hydrogens is 286 g/mol. The molecule has 1 aliphatic heterocycles. The fourth-order valence-electron chi connectivity index (χ4n) is 1.93. The molecule has 17 heavy (non-hydrogen) atoms. The van der Waals surface area contributed by atoms with Gasteiger partial charge in [0.05, 0.1) is 13.0 Å². The molecule has 1 fully saturated rings. The van der Waals surface area contributed by atoms with E-state index in [0.717, 1.165) is 10.2 Å². The van der Waals surface area contributed by atoms with Gasteiger partial charge in [-0.3, -0.25) is 9.59 Å². The van der Waals surface area contributed by atoms with E-state index < -0.39 is 0 Å². The van der Waals surface area contributed by atoms with Gasteiger partial charge in [0.2, 0.25) is 5.91 Å². The molecule has 4 nitrogen and oxygen atoms in total. The molecule has 0 bridgehead atoms. The predicted octanol–water partition coefficient (Wildman–Crippen LogP) is 1.97. The van der Waals surface area contributed by atoms with E-state index in [1.165, 1.54) is 7.11 Å². The summed E-state index contributed by atoms with van der Waals surface area (Å²) >= 11 is 3.36. The molecule has 90 valence electrons. The van der Waals surface area contributed by atoms with Crippen molar-refractivity contribution in [1.29, 1.82) is 0 Å². The SMILES string of the molecule is COC(=O)[C@H]1CC(=O)N(c2cccc(Br)c2)C1. The Morgan fingerprint density at radius 2 is 2.29 bits per heavy atom. The van der Waals surface area contributed by atoms with Crippen LogP contribution in [0.25, 0.3) is 0 Å². The molecule has 1 aliphatic rings. The molecule has 1 aromatic rings. The molecule has 0 aromatic heterocycles. The summed E-state index contributed by atoms with van der Waals surface area (Å²) in [6, 6.07) is 7.46. The van der Waals surface area contributed by atoms with Crippen LogP contribution < -0.4 is 4.90 Å². The summed E-state index contributed by atoms with van der Waals surface area (Å²) in [6.07, 6.45) is 0.221. The fraction of sp³-hybridized carbons (Fsp3) is 0.333. The Balaban J connectivity index is 2.18. The minimum Gasteiger partial charge on any atom is -0.469 e. The Labute approximate surface area is 108 Å². The van der Waals surface area contributed by atoms with E-state index in [0.29, 0.717) is 6.54 Å². The Hall–Kier alpha value is -1.36. The first-order chi connectivity index (χ1) is 8.11. The van der Waals surface area contributed by atoms with Crippen LogP contribution in [0.4, 0.5) is 5.69 Å². The zero-order valence-electron chi connectivity index (χ0n) is 9.35. The summed E-state index contributed by atoms with van der Waals surface area (Å²) < 4.78 is 5.57. The van der Waals surface area contributed by atoms with E-state index >= 15 is 0 Å². The predicted molar refractivity (Wildman–Crippen MR) is 66.6 cm³/mol. The van der Waals surface area contributed by atoms with Crippen LogP contribution in [0.1, 0.15) is 6.42 Å². The van der Waals surface area contributed by atoms with Gasteiger partial charge in [0, 0.05) is 23.1 Å². The first-order valence-electron chi connectivity index (χ1n) is 5.25. The van der Waals surface area contributed by atoms with Crippen LogP contribution in [0, 0.1) is 5.92 Å². The molecule has 0 saturated carbocycles. The minimum atomic E-state index is -0.355. The van der Waals surface area contributed by atoms with Crippen molar-refractivity contribution in [1.82, 2.24) is 0 Å². The van der Waals surface area contributed by atoms with Gasteiger partial charge in [-0.25, -0.2) is 0 Å². The topological polar surface area (TPSA) is 46.6 Å². The lowest BCUT2D eigenvalue weighted by molar-refractivity contribution is -0.145. The second-order valence-corrected chi connectivity index (χ2v) is 4.82. The molecule has 0 N–H and O–H groups in total. The molecule has 0 aliphatic carbocycles. The maximum atomic E-state index is 11.8. The van der Waals surface area contributed by atoms with Crippen LogP contribution >= 0.6 is 15.9 Å². The van der Waals surface area contributed by atoms with Crippen molar-refractivity contribution in [2.24, 2.45) is 5.92 Å². The van der Waals surface area contributed by atoms with E-state index in [1.807, 2.05) is 24.3 Å². The van der Waals surface area contributed by atoms with E-state index in [-0.39, 0.29) is 24.2 Å². The van der Waals surface area contributed by atoms with Crippen LogP contribution in [-0.2, 0) is 14.3 Å². The highest BCUT2D eigenvalue weighted by atomic mass is 79.9. The zero-order valence-corrected chi connectivity index (χ0v) is 10.9. The van der Waals surface area contributed by atoms with Crippen molar-refractivity contribution < 1.29 is 14.3 Å². The largest absolute Gasteiger partial charge is 0.469 e. The number of rotatable bonds is 2. The first-order valence-corrected chi connectivity index (χ1v) is 6.05. The van der Waals surface area contributed by atoms with Gasteiger partial charge < -0.3 is 9.64 Å². The lowest BCUT2D eigenvalue weighted by atomic mass is 10.1. The molecule has 5 heteroatoms. The van der Waals surface area contributed by atoms with Gasteiger partial charge in [0.15, 0.2) is 0 Å². The Kier molecular flexibility index (Phi) is 3.47.